The Kier molecular flexibility index (Phi) is 4.08. The van der Waals surface area contributed by atoms with Gasteiger partial charge in [0.25, 0.3) is 0 Å². The average molecular weight is 351 g/mol. The van der Waals surface area contributed by atoms with E-state index in [1.54, 1.807) is 6.20 Å². The van der Waals surface area contributed by atoms with Gasteiger partial charge in [-0.05, 0) is 18.4 Å². The molecule has 4 rings (SSSR count). The maximum atomic E-state index is 8.75. The highest BCUT2D eigenvalue weighted by Gasteiger charge is 2.25. The quantitative estimate of drug-likeness (QED) is 0.719. The van der Waals surface area contributed by atoms with Crippen molar-refractivity contribution in [1.82, 2.24) is 20.2 Å². The topological polar surface area (TPSA) is 90.3 Å². The summed E-state index contributed by atoms with van der Waals surface area (Å²) in [5, 5.41) is 19.6. The molecule has 0 spiro atoms. The third-order valence-corrected chi connectivity index (χ3v) is 4.38. The molecule has 0 atom stereocenters. The van der Waals surface area contributed by atoms with E-state index in [2.05, 4.69) is 31.6 Å². The van der Waals surface area contributed by atoms with Crippen molar-refractivity contribution in [2.24, 2.45) is 0 Å². The number of benzene rings is 1. The summed E-state index contributed by atoms with van der Waals surface area (Å²) in [6, 6.07) is 11.7. The molecule has 2 heterocycles. The molecule has 0 aliphatic heterocycles. The highest BCUT2D eigenvalue weighted by atomic mass is 35.5. The minimum absolute atomic E-state index is 0.386. The lowest BCUT2D eigenvalue weighted by Gasteiger charge is -2.07. The number of rotatable bonds is 5. The molecule has 1 fully saturated rings. The van der Waals surface area contributed by atoms with Crippen LogP contribution in [0.25, 0.3) is 11.4 Å². The van der Waals surface area contributed by atoms with Crippen molar-refractivity contribution in [2.45, 2.75) is 25.2 Å². The fourth-order valence-electron chi connectivity index (χ4n) is 2.58. The number of hydrogen-bond donors (Lipinski definition) is 2. The third kappa shape index (κ3) is 3.47. The Morgan fingerprint density at radius 2 is 2.08 bits per heavy atom. The van der Waals surface area contributed by atoms with Crippen LogP contribution >= 0.6 is 11.6 Å². The van der Waals surface area contributed by atoms with E-state index >= 15 is 0 Å². The number of aromatic amines is 1. The zero-order valence-electron chi connectivity index (χ0n) is 13.3. The largest absolute Gasteiger partial charge is 0.322 e. The maximum Gasteiger partial charge on any atom is 0.161 e. The minimum Gasteiger partial charge on any atom is -0.322 e. The molecule has 1 aliphatic carbocycles. The van der Waals surface area contributed by atoms with Crippen molar-refractivity contribution in [2.75, 3.05) is 5.32 Å². The lowest BCUT2D eigenvalue weighted by Crippen LogP contribution is -1.98. The Labute approximate surface area is 149 Å². The van der Waals surface area contributed by atoms with Gasteiger partial charge in [0.2, 0.25) is 0 Å². The summed E-state index contributed by atoms with van der Waals surface area (Å²) in [5.41, 5.74) is 2.96. The van der Waals surface area contributed by atoms with Crippen molar-refractivity contribution in [3.8, 4) is 17.5 Å². The first-order chi connectivity index (χ1) is 12.2. The Bertz CT molecular complexity index is 937. The monoisotopic (exact) mass is 350 g/mol. The van der Waals surface area contributed by atoms with Crippen LogP contribution in [-0.2, 0) is 6.42 Å². The molecule has 2 aromatic heterocycles. The van der Waals surface area contributed by atoms with Crippen LogP contribution in [0.3, 0.4) is 0 Å². The zero-order chi connectivity index (χ0) is 17.2. The van der Waals surface area contributed by atoms with Gasteiger partial charge < -0.3 is 5.32 Å². The second kappa shape index (κ2) is 6.54. The molecule has 2 N–H and O–H groups in total. The van der Waals surface area contributed by atoms with E-state index in [0.717, 1.165) is 16.8 Å². The Morgan fingerprint density at radius 3 is 2.80 bits per heavy atom. The highest BCUT2D eigenvalue weighted by molar-refractivity contribution is 6.32. The molecule has 7 heteroatoms. The van der Waals surface area contributed by atoms with Crippen LogP contribution in [0.4, 0.5) is 11.6 Å². The lowest BCUT2D eigenvalue weighted by atomic mass is 10.1. The number of hydrogen-bond acceptors (Lipinski definition) is 5. The van der Waals surface area contributed by atoms with Gasteiger partial charge in [-0.15, -0.1) is 0 Å². The first-order valence-corrected chi connectivity index (χ1v) is 8.42. The smallest absolute Gasteiger partial charge is 0.161 e. The van der Waals surface area contributed by atoms with Gasteiger partial charge in [-0.1, -0.05) is 35.9 Å². The molecule has 1 aliphatic rings. The summed E-state index contributed by atoms with van der Waals surface area (Å²) in [7, 11) is 0. The van der Waals surface area contributed by atoms with Gasteiger partial charge >= 0.3 is 0 Å². The van der Waals surface area contributed by atoms with Gasteiger partial charge in [0.15, 0.2) is 17.5 Å². The second-order valence-electron chi connectivity index (χ2n) is 6.03. The number of nitriles is 1. The Hall–Kier alpha value is -2.91. The average Bonchev–Trinajstić information content (AvgIpc) is 3.37. The van der Waals surface area contributed by atoms with Crippen molar-refractivity contribution in [1.29, 1.82) is 5.26 Å². The van der Waals surface area contributed by atoms with Crippen LogP contribution in [-0.4, -0.2) is 20.2 Å². The van der Waals surface area contributed by atoms with E-state index < -0.39 is 0 Å². The van der Waals surface area contributed by atoms with Gasteiger partial charge in [0.1, 0.15) is 5.02 Å². The predicted molar refractivity (Wildman–Crippen MR) is 95.6 cm³/mol. The lowest BCUT2D eigenvalue weighted by molar-refractivity contribution is 0.966. The number of anilines is 2. The molecular weight excluding hydrogens is 336 g/mol. The van der Waals surface area contributed by atoms with E-state index in [1.807, 2.05) is 30.3 Å². The molecule has 124 valence electrons. The Balaban J connectivity index is 1.58. The zero-order valence-corrected chi connectivity index (χ0v) is 14.1. The summed E-state index contributed by atoms with van der Waals surface area (Å²) in [4.78, 5) is 8.80. The van der Waals surface area contributed by atoms with Gasteiger partial charge in [-0.3, -0.25) is 5.10 Å². The van der Waals surface area contributed by atoms with Gasteiger partial charge in [0, 0.05) is 23.2 Å². The molecule has 25 heavy (non-hydrogen) atoms. The van der Waals surface area contributed by atoms with E-state index in [9.17, 15) is 0 Å². The summed E-state index contributed by atoms with van der Waals surface area (Å²) in [6.45, 7) is 0. The Morgan fingerprint density at radius 1 is 1.28 bits per heavy atom. The summed E-state index contributed by atoms with van der Waals surface area (Å²) in [6.07, 6.45) is 4.38. The second-order valence-corrected chi connectivity index (χ2v) is 6.44. The first-order valence-electron chi connectivity index (χ1n) is 8.04. The van der Waals surface area contributed by atoms with Gasteiger partial charge in [-0.25, -0.2) is 9.97 Å². The molecular formula is C18H15ClN6. The van der Waals surface area contributed by atoms with Crippen LogP contribution < -0.4 is 5.32 Å². The van der Waals surface area contributed by atoms with E-state index in [4.69, 9.17) is 16.9 Å². The molecule has 0 radical (unpaired) electrons. The van der Waals surface area contributed by atoms with Crippen LogP contribution in [0.1, 0.15) is 30.0 Å². The molecule has 3 aromatic rings. The van der Waals surface area contributed by atoms with Crippen LogP contribution in [0.2, 0.25) is 5.02 Å². The third-order valence-electron chi connectivity index (χ3n) is 4.10. The minimum atomic E-state index is 0.386. The number of aromatic nitrogens is 4. The molecule has 0 bridgehead atoms. The van der Waals surface area contributed by atoms with Crippen LogP contribution in [0.5, 0.6) is 0 Å². The van der Waals surface area contributed by atoms with Crippen molar-refractivity contribution in [3.63, 3.8) is 0 Å². The van der Waals surface area contributed by atoms with Crippen molar-refractivity contribution < 1.29 is 0 Å². The van der Waals surface area contributed by atoms with Crippen molar-refractivity contribution in [3.05, 3.63) is 52.8 Å². The van der Waals surface area contributed by atoms with E-state index in [0.29, 0.717) is 34.8 Å². The molecule has 1 aromatic carbocycles. The van der Waals surface area contributed by atoms with Crippen LogP contribution in [0, 0.1) is 11.3 Å². The predicted octanol–water partition coefficient (Wildman–Crippen LogP) is 4.21. The first kappa shape index (κ1) is 15.6. The molecule has 0 unspecified atom stereocenters. The fourth-order valence-corrected chi connectivity index (χ4v) is 2.72. The molecule has 6 nitrogen and oxygen atoms in total. The molecule has 0 saturated heterocycles. The van der Waals surface area contributed by atoms with E-state index in [1.165, 1.54) is 12.8 Å². The maximum absolute atomic E-state index is 8.75. The number of nitrogens with one attached hydrogen (secondary N) is 2. The molecule has 1 saturated carbocycles. The number of nitrogens with zero attached hydrogens (tertiary/aromatic N) is 4. The SMILES string of the molecule is N#CCc1ccc(-c2ncc(Cl)c(Nc3cc(C4CC4)[nH]n3)n2)cc1. The van der Waals surface area contributed by atoms with Gasteiger partial charge in [-0.2, -0.15) is 10.4 Å². The summed E-state index contributed by atoms with van der Waals surface area (Å²) in [5.74, 6) is 2.37. The summed E-state index contributed by atoms with van der Waals surface area (Å²) >= 11 is 6.22. The number of halogens is 1. The molecule has 0 amide bonds. The highest BCUT2D eigenvalue weighted by Crippen LogP contribution is 2.39. The summed E-state index contributed by atoms with van der Waals surface area (Å²) < 4.78 is 0. The van der Waals surface area contributed by atoms with E-state index in [-0.39, 0.29) is 0 Å². The standard InChI is InChI=1S/C18H15ClN6/c19-14-10-21-17(13-3-1-11(2-4-13)7-8-20)23-18(14)22-16-9-15(24-25-16)12-5-6-12/h1-4,9-10,12H,5-7H2,(H2,21,22,23,24,25). The van der Waals surface area contributed by atoms with Crippen LogP contribution in [0.15, 0.2) is 36.5 Å². The number of H-pyrrole nitrogens is 1. The van der Waals surface area contributed by atoms with Crippen molar-refractivity contribution >= 4 is 23.2 Å². The fraction of sp³-hybridized carbons (Fsp3) is 0.222. The van der Waals surface area contributed by atoms with Gasteiger partial charge in [0.05, 0.1) is 18.7 Å². The normalized spacial score (nSPS) is 13.4.